The topological polar surface area (TPSA) is 93.7 Å². The van der Waals surface area contributed by atoms with Crippen molar-refractivity contribution in [2.45, 2.75) is 45.4 Å². The van der Waals surface area contributed by atoms with Gasteiger partial charge in [0.25, 0.3) is 5.91 Å². The van der Waals surface area contributed by atoms with Crippen molar-refractivity contribution in [3.63, 3.8) is 0 Å². The molecule has 0 aliphatic heterocycles. The van der Waals surface area contributed by atoms with Crippen molar-refractivity contribution in [2.24, 2.45) is 0 Å². The fourth-order valence-electron chi connectivity index (χ4n) is 3.81. The zero-order chi connectivity index (χ0) is 26.5. The molecule has 1 heterocycles. The lowest BCUT2D eigenvalue weighted by atomic mass is 10.0. The second-order valence-corrected chi connectivity index (χ2v) is 9.71. The van der Waals surface area contributed by atoms with Crippen LogP contribution in [0.25, 0.3) is 10.6 Å². The number of hydrogen-bond donors (Lipinski definition) is 1. The van der Waals surface area contributed by atoms with Crippen molar-refractivity contribution in [1.82, 2.24) is 15.1 Å². The summed E-state index contributed by atoms with van der Waals surface area (Å²) >= 11 is 1.29. The lowest BCUT2D eigenvalue weighted by molar-refractivity contribution is -0.116. The van der Waals surface area contributed by atoms with Crippen LogP contribution in [0.2, 0.25) is 0 Å². The van der Waals surface area contributed by atoms with Crippen LogP contribution in [0.4, 0.5) is 5.13 Å². The number of methoxy groups -OCH3 is 2. The molecule has 1 aromatic heterocycles. The van der Waals surface area contributed by atoms with Gasteiger partial charge in [-0.25, -0.2) is 0 Å². The highest BCUT2D eigenvalue weighted by atomic mass is 32.1. The SMILES string of the molecule is CCCCCCc1ccc(C(=O)N(CCOC)CCC(=O)Nc2nnc(-c3ccc(OC)cc3)s2)cc1. The Morgan fingerprint density at radius 1 is 0.946 bits per heavy atom. The molecule has 0 fully saturated rings. The van der Waals surface area contributed by atoms with Gasteiger partial charge in [0.05, 0.1) is 13.7 Å². The van der Waals surface area contributed by atoms with Crippen LogP contribution in [0.3, 0.4) is 0 Å². The number of aromatic nitrogens is 2. The minimum atomic E-state index is -0.227. The van der Waals surface area contributed by atoms with Gasteiger partial charge in [-0.2, -0.15) is 0 Å². The largest absolute Gasteiger partial charge is 0.497 e. The predicted octanol–water partition coefficient (Wildman–Crippen LogP) is 5.45. The van der Waals surface area contributed by atoms with Crippen LogP contribution in [0.5, 0.6) is 5.75 Å². The lowest BCUT2D eigenvalue weighted by Crippen LogP contribution is -2.36. The van der Waals surface area contributed by atoms with Gasteiger partial charge in [0.15, 0.2) is 0 Å². The molecule has 0 aliphatic rings. The van der Waals surface area contributed by atoms with E-state index in [1.54, 1.807) is 19.1 Å². The molecule has 0 bridgehead atoms. The van der Waals surface area contributed by atoms with E-state index in [4.69, 9.17) is 9.47 Å². The number of nitrogens with one attached hydrogen (secondary N) is 1. The maximum absolute atomic E-state index is 13.1. The van der Waals surface area contributed by atoms with Crippen LogP contribution in [0.1, 0.15) is 54.9 Å². The molecule has 0 radical (unpaired) electrons. The fourth-order valence-corrected chi connectivity index (χ4v) is 4.58. The number of nitrogens with zero attached hydrogens (tertiary/aromatic N) is 3. The highest BCUT2D eigenvalue weighted by molar-refractivity contribution is 7.18. The van der Waals surface area contributed by atoms with Crippen molar-refractivity contribution >= 4 is 28.3 Å². The number of anilines is 1. The normalized spacial score (nSPS) is 10.8. The summed E-state index contributed by atoms with van der Waals surface area (Å²) in [6.07, 6.45) is 6.02. The first-order chi connectivity index (χ1) is 18.0. The first kappa shape index (κ1) is 28.3. The van der Waals surface area contributed by atoms with Gasteiger partial charge in [-0.05, 0) is 54.8 Å². The second kappa shape index (κ2) is 15.1. The monoisotopic (exact) mass is 524 g/mol. The average Bonchev–Trinajstić information content (AvgIpc) is 3.39. The third-order valence-electron chi connectivity index (χ3n) is 5.99. The molecule has 0 saturated heterocycles. The summed E-state index contributed by atoms with van der Waals surface area (Å²) in [6, 6.07) is 15.3. The number of benzene rings is 2. The van der Waals surface area contributed by atoms with Crippen molar-refractivity contribution in [3.8, 4) is 16.3 Å². The Hall–Kier alpha value is -3.30. The van der Waals surface area contributed by atoms with Crippen molar-refractivity contribution in [2.75, 3.05) is 39.2 Å². The Morgan fingerprint density at radius 2 is 1.70 bits per heavy atom. The summed E-state index contributed by atoms with van der Waals surface area (Å²) in [7, 11) is 3.21. The highest BCUT2D eigenvalue weighted by Crippen LogP contribution is 2.27. The van der Waals surface area contributed by atoms with Gasteiger partial charge in [0.1, 0.15) is 10.8 Å². The van der Waals surface area contributed by atoms with E-state index < -0.39 is 0 Å². The summed E-state index contributed by atoms with van der Waals surface area (Å²) in [5.41, 5.74) is 2.74. The first-order valence-corrected chi connectivity index (χ1v) is 13.5. The van der Waals surface area contributed by atoms with Gasteiger partial charge in [0, 0.05) is 37.7 Å². The standard InChI is InChI=1S/C28H36N4O4S/c1-4-5-6-7-8-21-9-11-23(12-10-21)27(34)32(19-20-35-2)18-17-25(33)29-28-31-30-26(37-28)22-13-15-24(36-3)16-14-22/h9-16H,4-8,17-20H2,1-3H3,(H,29,31,33). The number of carbonyl (C=O) groups is 2. The number of unbranched alkanes of at least 4 members (excludes halogenated alkanes) is 3. The zero-order valence-electron chi connectivity index (χ0n) is 21.9. The summed E-state index contributed by atoms with van der Waals surface area (Å²) < 4.78 is 10.4. The Morgan fingerprint density at radius 3 is 2.38 bits per heavy atom. The quantitative estimate of drug-likeness (QED) is 0.266. The third kappa shape index (κ3) is 8.94. The molecule has 3 rings (SSSR count). The van der Waals surface area contributed by atoms with Gasteiger partial charge >= 0.3 is 0 Å². The molecule has 198 valence electrons. The number of hydrogen-bond acceptors (Lipinski definition) is 7. The molecule has 0 spiro atoms. The van der Waals surface area contributed by atoms with E-state index in [1.807, 2.05) is 48.5 Å². The van der Waals surface area contributed by atoms with E-state index in [9.17, 15) is 9.59 Å². The Bertz CT molecular complexity index is 1120. The summed E-state index contributed by atoms with van der Waals surface area (Å²) in [4.78, 5) is 27.4. The Kier molecular flexibility index (Phi) is 11.5. The van der Waals surface area contributed by atoms with Gasteiger partial charge in [-0.1, -0.05) is 49.7 Å². The molecule has 0 saturated carbocycles. The van der Waals surface area contributed by atoms with Gasteiger partial charge in [-0.15, -0.1) is 10.2 Å². The summed E-state index contributed by atoms with van der Waals surface area (Å²) in [6.45, 7) is 3.28. The average molecular weight is 525 g/mol. The number of aryl methyl sites for hydroxylation is 1. The van der Waals surface area contributed by atoms with Gasteiger partial charge < -0.3 is 19.7 Å². The van der Waals surface area contributed by atoms with Crippen LogP contribution in [-0.2, 0) is 16.0 Å². The Balaban J connectivity index is 1.54. The number of amides is 2. The molecule has 3 aromatic rings. The molecule has 1 N–H and O–H groups in total. The first-order valence-electron chi connectivity index (χ1n) is 12.7. The van der Waals surface area contributed by atoms with Crippen LogP contribution < -0.4 is 10.1 Å². The molecule has 0 atom stereocenters. The molecular weight excluding hydrogens is 488 g/mol. The molecular formula is C28H36N4O4S. The van der Waals surface area contributed by atoms with E-state index in [0.29, 0.717) is 28.9 Å². The number of ether oxygens (including phenoxy) is 2. The smallest absolute Gasteiger partial charge is 0.253 e. The third-order valence-corrected chi connectivity index (χ3v) is 6.88. The van der Waals surface area contributed by atoms with Crippen molar-refractivity contribution < 1.29 is 19.1 Å². The summed E-state index contributed by atoms with van der Waals surface area (Å²) in [5.74, 6) is 0.419. The van der Waals surface area contributed by atoms with E-state index in [1.165, 1.54) is 36.2 Å². The molecule has 8 nitrogen and oxygen atoms in total. The van der Waals surface area contributed by atoms with E-state index >= 15 is 0 Å². The minimum absolute atomic E-state index is 0.111. The van der Waals surface area contributed by atoms with Crippen LogP contribution in [-0.4, -0.2) is 60.8 Å². The number of rotatable bonds is 15. The fraction of sp³-hybridized carbons (Fsp3) is 0.429. The molecule has 37 heavy (non-hydrogen) atoms. The highest BCUT2D eigenvalue weighted by Gasteiger charge is 2.18. The molecule has 0 aliphatic carbocycles. The van der Waals surface area contributed by atoms with Gasteiger partial charge in [-0.3, -0.25) is 9.59 Å². The van der Waals surface area contributed by atoms with Crippen molar-refractivity contribution in [1.29, 1.82) is 0 Å². The lowest BCUT2D eigenvalue weighted by Gasteiger charge is -2.22. The van der Waals surface area contributed by atoms with Crippen molar-refractivity contribution in [3.05, 3.63) is 59.7 Å². The maximum atomic E-state index is 13.1. The molecule has 9 heteroatoms. The number of carbonyl (C=O) groups excluding carboxylic acids is 2. The van der Waals surface area contributed by atoms with Crippen LogP contribution >= 0.6 is 11.3 Å². The molecule has 2 aromatic carbocycles. The van der Waals surface area contributed by atoms with Crippen LogP contribution in [0.15, 0.2) is 48.5 Å². The van der Waals surface area contributed by atoms with E-state index in [0.717, 1.165) is 24.2 Å². The molecule has 0 unspecified atom stereocenters. The molecule has 2 amide bonds. The minimum Gasteiger partial charge on any atom is -0.497 e. The van der Waals surface area contributed by atoms with E-state index in [-0.39, 0.29) is 24.8 Å². The predicted molar refractivity (Wildman–Crippen MR) is 147 cm³/mol. The maximum Gasteiger partial charge on any atom is 0.253 e. The second-order valence-electron chi connectivity index (χ2n) is 8.73. The van der Waals surface area contributed by atoms with Crippen LogP contribution in [0, 0.1) is 0 Å². The van der Waals surface area contributed by atoms with Gasteiger partial charge in [0.2, 0.25) is 11.0 Å². The summed E-state index contributed by atoms with van der Waals surface area (Å²) in [5, 5.41) is 12.2. The Labute approximate surface area is 223 Å². The van der Waals surface area contributed by atoms with E-state index in [2.05, 4.69) is 22.4 Å². The zero-order valence-corrected chi connectivity index (χ0v) is 22.7.